The number of aromatic nitrogens is 4. The number of fused-ring (bicyclic) bond motifs is 1. The predicted molar refractivity (Wildman–Crippen MR) is 123 cm³/mol. The molecule has 35 heavy (non-hydrogen) atoms. The van der Waals surface area contributed by atoms with Gasteiger partial charge < -0.3 is 10.5 Å². The topological polar surface area (TPSA) is 180 Å². The van der Waals surface area contributed by atoms with E-state index in [0.717, 1.165) is 42.6 Å². The quantitative estimate of drug-likeness (QED) is 0.407. The molecule has 0 atom stereocenters. The number of aryl methyl sites for hydroxylation is 1. The molecule has 3 amide bonds. The molecule has 1 aliphatic heterocycles. The Morgan fingerprint density at radius 2 is 1.91 bits per heavy atom. The molecule has 13 nitrogen and oxygen atoms in total. The van der Waals surface area contributed by atoms with Gasteiger partial charge in [-0.05, 0) is 31.4 Å². The lowest BCUT2D eigenvalue weighted by molar-refractivity contribution is 0.0596. The number of carbonyl (C=O) groups excluding carboxylic acids is 3. The van der Waals surface area contributed by atoms with E-state index in [4.69, 9.17) is 17.3 Å². The number of urea groups is 1. The van der Waals surface area contributed by atoms with Crippen LogP contribution in [0.3, 0.4) is 0 Å². The van der Waals surface area contributed by atoms with Gasteiger partial charge in [0.2, 0.25) is 0 Å². The van der Waals surface area contributed by atoms with Gasteiger partial charge in [0, 0.05) is 6.54 Å². The fourth-order valence-electron chi connectivity index (χ4n) is 3.67. The van der Waals surface area contributed by atoms with Gasteiger partial charge in [-0.25, -0.2) is 22.7 Å². The van der Waals surface area contributed by atoms with Crippen molar-refractivity contribution in [2.24, 2.45) is 5.73 Å². The van der Waals surface area contributed by atoms with Crippen LogP contribution in [0, 0.1) is 0 Å². The monoisotopic (exact) mass is 521 g/mol. The summed E-state index contributed by atoms with van der Waals surface area (Å²) in [6.07, 6.45) is 3.63. The van der Waals surface area contributed by atoms with E-state index in [1.807, 2.05) is 0 Å². The van der Waals surface area contributed by atoms with Crippen molar-refractivity contribution in [3.63, 3.8) is 0 Å². The van der Waals surface area contributed by atoms with Crippen molar-refractivity contribution in [1.82, 2.24) is 24.3 Å². The molecule has 1 aromatic carbocycles. The van der Waals surface area contributed by atoms with Gasteiger partial charge in [0.1, 0.15) is 15.5 Å². The fourth-order valence-corrected chi connectivity index (χ4v) is 5.09. The highest BCUT2D eigenvalue weighted by Crippen LogP contribution is 2.31. The van der Waals surface area contributed by atoms with Crippen molar-refractivity contribution in [3.05, 3.63) is 52.3 Å². The van der Waals surface area contributed by atoms with Crippen LogP contribution in [-0.4, -0.2) is 53.0 Å². The van der Waals surface area contributed by atoms with Gasteiger partial charge in [0.05, 0.1) is 24.6 Å². The van der Waals surface area contributed by atoms with Crippen LogP contribution in [-0.2, 0) is 27.7 Å². The van der Waals surface area contributed by atoms with Gasteiger partial charge in [0.15, 0.2) is 11.6 Å². The number of rotatable bonds is 6. The molecule has 3 aromatic rings. The zero-order valence-electron chi connectivity index (χ0n) is 18.3. The summed E-state index contributed by atoms with van der Waals surface area (Å²) >= 11 is 6.49. The molecule has 0 bridgehead atoms. The first-order valence-electron chi connectivity index (χ1n) is 10.3. The van der Waals surface area contributed by atoms with Gasteiger partial charge in [-0.15, -0.1) is 0 Å². The van der Waals surface area contributed by atoms with Gasteiger partial charge in [-0.2, -0.15) is 14.9 Å². The van der Waals surface area contributed by atoms with Crippen molar-refractivity contribution < 1.29 is 27.5 Å². The average Bonchev–Trinajstić information content (AvgIpc) is 3.39. The summed E-state index contributed by atoms with van der Waals surface area (Å²) in [6, 6.07) is 3.95. The number of carbonyl (C=O) groups is 3. The van der Waals surface area contributed by atoms with Crippen molar-refractivity contribution >= 4 is 45.3 Å². The normalized spacial score (nSPS) is 13.1. The number of esters is 1. The first-order valence-corrected chi connectivity index (χ1v) is 12.1. The second kappa shape index (κ2) is 9.38. The summed E-state index contributed by atoms with van der Waals surface area (Å²) in [5.74, 6) is -1.92. The first kappa shape index (κ1) is 24.2. The molecule has 1 aliphatic rings. The maximum atomic E-state index is 12.8. The summed E-state index contributed by atoms with van der Waals surface area (Å²) in [4.78, 5) is 36.2. The number of benzene rings is 1. The lowest BCUT2D eigenvalue weighted by atomic mass is 10.1. The average molecular weight is 522 g/mol. The Hall–Kier alpha value is -3.91. The number of methoxy groups -OCH3 is 1. The number of nitrogens with two attached hydrogens (primary N) is 1. The van der Waals surface area contributed by atoms with Crippen LogP contribution < -0.4 is 15.8 Å². The van der Waals surface area contributed by atoms with Crippen LogP contribution in [0.1, 0.15) is 39.3 Å². The Morgan fingerprint density at radius 3 is 2.60 bits per heavy atom. The smallest absolute Gasteiger partial charge is 0.339 e. The summed E-state index contributed by atoms with van der Waals surface area (Å²) in [5.41, 5.74) is 5.72. The SMILES string of the molecule is COC(=O)c1ccccc1S(=O)(=O)NC(=O)Nc1c(C(N)=O)cnn1-c1nn2c(c1Cl)CCCC2. The lowest BCUT2D eigenvalue weighted by Gasteiger charge is -2.12. The van der Waals surface area contributed by atoms with Crippen LogP contribution in [0.2, 0.25) is 5.02 Å². The molecule has 0 saturated heterocycles. The maximum absolute atomic E-state index is 12.8. The Kier molecular flexibility index (Phi) is 6.49. The molecule has 0 saturated carbocycles. The van der Waals surface area contributed by atoms with E-state index < -0.39 is 32.8 Å². The van der Waals surface area contributed by atoms with Crippen molar-refractivity contribution in [1.29, 1.82) is 0 Å². The fraction of sp³-hybridized carbons (Fsp3) is 0.250. The highest BCUT2D eigenvalue weighted by Gasteiger charge is 2.28. The highest BCUT2D eigenvalue weighted by atomic mass is 35.5. The Bertz CT molecular complexity index is 1450. The van der Waals surface area contributed by atoms with Gasteiger partial charge in [-0.3, -0.25) is 14.8 Å². The number of hydrogen-bond acceptors (Lipinski definition) is 8. The number of hydrogen-bond donors (Lipinski definition) is 3. The maximum Gasteiger partial charge on any atom is 0.339 e. The number of anilines is 1. The molecule has 0 aliphatic carbocycles. The number of amides is 3. The molecule has 3 heterocycles. The van der Waals surface area contributed by atoms with Gasteiger partial charge in [-0.1, -0.05) is 23.7 Å². The third-order valence-corrected chi connectivity index (χ3v) is 7.06. The summed E-state index contributed by atoms with van der Waals surface area (Å²) < 4.78 is 34.9. The molecule has 0 unspecified atom stereocenters. The largest absolute Gasteiger partial charge is 0.465 e. The molecule has 4 N–H and O–H groups in total. The molecule has 4 rings (SSSR count). The van der Waals surface area contributed by atoms with Crippen molar-refractivity contribution in [3.8, 4) is 5.82 Å². The molecule has 15 heteroatoms. The van der Waals surface area contributed by atoms with E-state index in [0.29, 0.717) is 13.0 Å². The minimum Gasteiger partial charge on any atom is -0.465 e. The van der Waals surface area contributed by atoms with Crippen LogP contribution in [0.15, 0.2) is 35.4 Å². The Morgan fingerprint density at radius 1 is 1.17 bits per heavy atom. The molecule has 0 radical (unpaired) electrons. The minimum absolute atomic E-state index is 0.144. The van der Waals surface area contributed by atoms with E-state index in [1.165, 1.54) is 18.2 Å². The number of nitrogens with one attached hydrogen (secondary N) is 2. The zero-order chi connectivity index (χ0) is 25.3. The number of primary amides is 1. The second-order valence-corrected chi connectivity index (χ2v) is 9.52. The summed E-state index contributed by atoms with van der Waals surface area (Å²) in [5, 5.41) is 11.1. The zero-order valence-corrected chi connectivity index (χ0v) is 19.9. The lowest BCUT2D eigenvalue weighted by Crippen LogP contribution is -2.36. The van der Waals surface area contributed by atoms with Crippen LogP contribution in [0.25, 0.3) is 5.82 Å². The van der Waals surface area contributed by atoms with Crippen molar-refractivity contribution in [2.75, 3.05) is 12.4 Å². The van der Waals surface area contributed by atoms with Gasteiger partial charge >= 0.3 is 12.0 Å². The molecule has 0 fully saturated rings. The van der Waals surface area contributed by atoms with Gasteiger partial charge in [0.25, 0.3) is 15.9 Å². The molecule has 2 aromatic heterocycles. The number of nitrogens with zero attached hydrogens (tertiary/aromatic N) is 4. The van der Waals surface area contributed by atoms with E-state index in [2.05, 4.69) is 20.3 Å². The summed E-state index contributed by atoms with van der Waals surface area (Å²) in [6.45, 7) is 0.639. The Balaban J connectivity index is 1.67. The van der Waals surface area contributed by atoms with E-state index >= 15 is 0 Å². The molecular formula is C20H20ClN7O6S. The predicted octanol–water partition coefficient (Wildman–Crippen LogP) is 1.45. The number of ether oxygens (including phenoxy) is 1. The van der Waals surface area contributed by atoms with E-state index in [-0.39, 0.29) is 27.8 Å². The highest BCUT2D eigenvalue weighted by molar-refractivity contribution is 7.90. The number of halogens is 1. The Labute approximate surface area is 204 Å². The first-order chi connectivity index (χ1) is 16.6. The van der Waals surface area contributed by atoms with Crippen LogP contribution >= 0.6 is 11.6 Å². The van der Waals surface area contributed by atoms with Crippen LogP contribution in [0.4, 0.5) is 10.6 Å². The minimum atomic E-state index is -4.52. The molecular weight excluding hydrogens is 502 g/mol. The number of sulfonamides is 1. The van der Waals surface area contributed by atoms with Crippen molar-refractivity contribution in [2.45, 2.75) is 30.7 Å². The van der Waals surface area contributed by atoms with Crippen LogP contribution in [0.5, 0.6) is 0 Å². The van der Waals surface area contributed by atoms with E-state index in [9.17, 15) is 22.8 Å². The standard InChI is InChI=1S/C20H20ClN7O6S/c1-34-19(30)11-6-2-3-8-14(11)35(32,33)26-20(31)24-17-12(16(22)29)10-23-28(17)18-15(21)13-7-4-5-9-27(13)25-18/h2-3,6,8,10H,4-5,7,9H2,1H3,(H2,22,29)(H2,24,26,31). The van der Waals surface area contributed by atoms with E-state index in [1.54, 1.807) is 9.40 Å². The molecule has 184 valence electrons. The molecule has 0 spiro atoms. The third-order valence-electron chi connectivity index (χ3n) is 5.29. The second-order valence-electron chi connectivity index (χ2n) is 7.49. The summed E-state index contributed by atoms with van der Waals surface area (Å²) in [7, 11) is -3.43. The third kappa shape index (κ3) is 4.57.